The molecule has 3 saturated heterocycles. The van der Waals surface area contributed by atoms with Gasteiger partial charge in [-0.05, 0) is 39.7 Å². The van der Waals surface area contributed by atoms with Gasteiger partial charge >= 0.3 is 5.97 Å². The Bertz CT molecular complexity index is 770. The molecule has 4 aliphatic rings. The second-order valence-electron chi connectivity index (χ2n) is 8.51. The summed E-state index contributed by atoms with van der Waals surface area (Å²) in [6.07, 6.45) is 2.50. The molecule has 0 amide bonds. The SMILES string of the molecule is C/C=C(/C)[C@@]1(O)O[C@H]2C[C@@]3(C)OC(=CC3=O)[C@@H](CO)C[C@H]3OC(=O)[C@@]1(C)[C@H]23. The van der Waals surface area contributed by atoms with E-state index in [-0.39, 0.29) is 18.8 Å². The second-order valence-corrected chi connectivity index (χ2v) is 8.51. The van der Waals surface area contributed by atoms with Crippen molar-refractivity contribution in [3.05, 3.63) is 23.5 Å². The molecule has 0 radical (unpaired) electrons. The fourth-order valence-corrected chi connectivity index (χ4v) is 5.20. The number of ketones is 1. The third kappa shape index (κ3) is 2.19. The minimum absolute atomic E-state index is 0.191. The molecule has 0 spiro atoms. The van der Waals surface area contributed by atoms with Crippen LogP contribution in [0.2, 0.25) is 0 Å². The first-order valence-corrected chi connectivity index (χ1v) is 9.41. The van der Waals surface area contributed by atoms with Gasteiger partial charge < -0.3 is 24.4 Å². The first-order chi connectivity index (χ1) is 12.6. The summed E-state index contributed by atoms with van der Waals surface area (Å²) in [5.41, 5.74) is -1.92. The van der Waals surface area contributed by atoms with E-state index in [0.717, 1.165) is 0 Å². The molecule has 0 saturated carbocycles. The third-order valence-electron chi connectivity index (χ3n) is 7.01. The Morgan fingerprint density at radius 2 is 2.04 bits per heavy atom. The Morgan fingerprint density at radius 1 is 1.33 bits per heavy atom. The smallest absolute Gasteiger partial charge is 0.318 e. The van der Waals surface area contributed by atoms with Crippen LogP contribution in [0.1, 0.15) is 40.5 Å². The molecule has 4 heterocycles. The minimum Gasteiger partial charge on any atom is -0.483 e. The molecule has 148 valence electrons. The van der Waals surface area contributed by atoms with Gasteiger partial charge in [-0.2, -0.15) is 0 Å². The van der Waals surface area contributed by atoms with Gasteiger partial charge in [-0.15, -0.1) is 0 Å². The van der Waals surface area contributed by atoms with E-state index in [9.17, 15) is 19.8 Å². The van der Waals surface area contributed by atoms with Gasteiger partial charge in [0.05, 0.1) is 12.7 Å². The number of hydrogen-bond donors (Lipinski definition) is 2. The lowest BCUT2D eigenvalue weighted by Gasteiger charge is -2.35. The molecule has 4 aliphatic heterocycles. The highest BCUT2D eigenvalue weighted by Gasteiger charge is 2.74. The molecule has 7 atom stereocenters. The second kappa shape index (κ2) is 5.65. The topological polar surface area (TPSA) is 102 Å². The number of allylic oxidation sites excluding steroid dienone is 1. The molecule has 0 aromatic rings. The summed E-state index contributed by atoms with van der Waals surface area (Å²) >= 11 is 0. The van der Waals surface area contributed by atoms with Crippen LogP contribution in [-0.2, 0) is 23.8 Å². The summed E-state index contributed by atoms with van der Waals surface area (Å²) in [5.74, 6) is -3.00. The van der Waals surface area contributed by atoms with Crippen LogP contribution in [0.4, 0.5) is 0 Å². The van der Waals surface area contributed by atoms with Crippen LogP contribution in [0.3, 0.4) is 0 Å². The Morgan fingerprint density at radius 3 is 2.67 bits per heavy atom. The highest BCUT2D eigenvalue weighted by atomic mass is 16.7. The molecule has 27 heavy (non-hydrogen) atoms. The van der Waals surface area contributed by atoms with E-state index < -0.39 is 46.8 Å². The van der Waals surface area contributed by atoms with Crippen LogP contribution < -0.4 is 0 Å². The van der Waals surface area contributed by atoms with Crippen molar-refractivity contribution < 1.29 is 34.0 Å². The lowest BCUT2D eigenvalue weighted by molar-refractivity contribution is -0.220. The van der Waals surface area contributed by atoms with Gasteiger partial charge in [0.2, 0.25) is 11.6 Å². The number of ether oxygens (including phenoxy) is 3. The van der Waals surface area contributed by atoms with Gasteiger partial charge in [0.1, 0.15) is 17.3 Å². The number of aliphatic hydroxyl groups excluding tert-OH is 1. The molecule has 7 heteroatoms. The van der Waals surface area contributed by atoms with Crippen LogP contribution in [-0.4, -0.2) is 52.2 Å². The number of hydrogen-bond acceptors (Lipinski definition) is 7. The maximum atomic E-state index is 12.9. The average Bonchev–Trinajstić information content (AvgIpc) is 3.14. The van der Waals surface area contributed by atoms with Crippen molar-refractivity contribution in [2.24, 2.45) is 17.3 Å². The predicted molar refractivity (Wildman–Crippen MR) is 93.1 cm³/mol. The van der Waals surface area contributed by atoms with Crippen LogP contribution in [0.25, 0.3) is 0 Å². The molecule has 0 aromatic carbocycles. The van der Waals surface area contributed by atoms with Crippen molar-refractivity contribution in [2.45, 2.75) is 64.1 Å². The molecule has 2 N–H and O–H groups in total. The summed E-state index contributed by atoms with van der Waals surface area (Å²) in [7, 11) is 0. The molecule has 0 aromatic heterocycles. The van der Waals surface area contributed by atoms with Crippen molar-refractivity contribution >= 4 is 11.8 Å². The van der Waals surface area contributed by atoms with Crippen molar-refractivity contribution in [1.29, 1.82) is 0 Å². The zero-order valence-electron chi connectivity index (χ0n) is 16.0. The predicted octanol–water partition coefficient (Wildman–Crippen LogP) is 1.23. The van der Waals surface area contributed by atoms with E-state index in [1.165, 1.54) is 6.08 Å². The number of rotatable bonds is 2. The van der Waals surface area contributed by atoms with Gasteiger partial charge in [-0.25, -0.2) is 0 Å². The van der Waals surface area contributed by atoms with Crippen LogP contribution in [0.5, 0.6) is 0 Å². The van der Waals surface area contributed by atoms with Crippen LogP contribution in [0.15, 0.2) is 23.5 Å². The summed E-state index contributed by atoms with van der Waals surface area (Å²) in [4.78, 5) is 25.5. The Labute approximate surface area is 158 Å². The number of carbonyl (C=O) groups excluding carboxylic acids is 2. The van der Waals surface area contributed by atoms with E-state index in [4.69, 9.17) is 14.2 Å². The van der Waals surface area contributed by atoms with Gasteiger partial charge in [0.25, 0.3) is 0 Å². The van der Waals surface area contributed by atoms with Gasteiger partial charge in [0.15, 0.2) is 5.60 Å². The lowest BCUT2D eigenvalue weighted by atomic mass is 9.66. The number of aliphatic hydroxyl groups is 2. The summed E-state index contributed by atoms with van der Waals surface area (Å²) in [5, 5.41) is 21.3. The van der Waals surface area contributed by atoms with Crippen molar-refractivity contribution in [3.8, 4) is 0 Å². The Balaban J connectivity index is 1.85. The zero-order valence-corrected chi connectivity index (χ0v) is 16.0. The largest absolute Gasteiger partial charge is 0.483 e. The fourth-order valence-electron chi connectivity index (χ4n) is 5.20. The number of carbonyl (C=O) groups is 2. The first kappa shape index (κ1) is 18.7. The summed E-state index contributed by atoms with van der Waals surface area (Å²) in [6, 6.07) is 0. The normalized spacial score (nSPS) is 49.0. The number of fused-ring (bicyclic) bond motifs is 2. The van der Waals surface area contributed by atoms with Crippen molar-refractivity contribution in [3.63, 3.8) is 0 Å². The Kier molecular flexibility index (Phi) is 3.91. The van der Waals surface area contributed by atoms with Crippen molar-refractivity contribution in [1.82, 2.24) is 0 Å². The van der Waals surface area contributed by atoms with E-state index in [1.54, 1.807) is 33.8 Å². The minimum atomic E-state index is -1.81. The quantitative estimate of drug-likeness (QED) is 0.550. The first-order valence-electron chi connectivity index (χ1n) is 9.41. The fraction of sp³-hybridized carbons (Fsp3) is 0.700. The van der Waals surface area contributed by atoms with E-state index in [0.29, 0.717) is 17.8 Å². The molecule has 3 fully saturated rings. The van der Waals surface area contributed by atoms with Crippen LogP contribution in [0, 0.1) is 17.3 Å². The third-order valence-corrected chi connectivity index (χ3v) is 7.01. The zero-order chi connectivity index (χ0) is 19.8. The average molecular weight is 378 g/mol. The maximum absolute atomic E-state index is 12.9. The number of esters is 1. The molecule has 7 nitrogen and oxygen atoms in total. The molecule has 4 rings (SSSR count). The van der Waals surface area contributed by atoms with Gasteiger partial charge in [-0.1, -0.05) is 6.08 Å². The molecule has 0 unspecified atom stereocenters. The highest BCUT2D eigenvalue weighted by Crippen LogP contribution is 2.61. The highest BCUT2D eigenvalue weighted by molar-refractivity contribution is 5.99. The monoisotopic (exact) mass is 378 g/mol. The van der Waals surface area contributed by atoms with Gasteiger partial charge in [0, 0.05) is 24.3 Å². The van der Waals surface area contributed by atoms with E-state index >= 15 is 0 Å². The van der Waals surface area contributed by atoms with Crippen LogP contribution >= 0.6 is 0 Å². The maximum Gasteiger partial charge on any atom is 0.318 e. The summed E-state index contributed by atoms with van der Waals surface area (Å²) < 4.78 is 17.8. The van der Waals surface area contributed by atoms with Gasteiger partial charge in [-0.3, -0.25) is 9.59 Å². The standard InChI is InChI=1S/C20H26O7/c1-5-10(2)20(24)19(4)16-13(25-17(19)23)6-11(9-21)12-7-15(22)18(3,26-12)8-14(16)27-20/h5,7,11,13-14,16,21,24H,6,8-9H2,1-4H3/b10-5-/t11-,13-,14+,16+,18-,19-,20-/m1/s1. The summed E-state index contributed by atoms with van der Waals surface area (Å²) in [6.45, 7) is 6.61. The molecular formula is C20H26O7. The lowest BCUT2D eigenvalue weighted by Crippen LogP contribution is -2.49. The molecule has 2 bridgehead atoms. The Hall–Kier alpha value is -1.70. The van der Waals surface area contributed by atoms with E-state index in [2.05, 4.69) is 0 Å². The molecular weight excluding hydrogens is 352 g/mol. The van der Waals surface area contributed by atoms with E-state index in [1.807, 2.05) is 0 Å². The molecule has 0 aliphatic carbocycles. The van der Waals surface area contributed by atoms with Crippen molar-refractivity contribution in [2.75, 3.05) is 6.61 Å².